The summed E-state index contributed by atoms with van der Waals surface area (Å²) in [7, 11) is -3.59. The Labute approximate surface area is 116 Å². The van der Waals surface area contributed by atoms with Crippen molar-refractivity contribution in [1.29, 1.82) is 0 Å². The van der Waals surface area contributed by atoms with Crippen molar-refractivity contribution in [3.05, 3.63) is 42.3 Å². The monoisotopic (exact) mass is 297 g/mol. The Hall–Kier alpha value is -1.90. The van der Waals surface area contributed by atoms with Crippen molar-refractivity contribution in [3.8, 4) is 5.75 Å². The fraction of sp³-hybridized carbons (Fsp3) is 0.250. The number of nitrogens with two attached hydrogens (primary N) is 1. The number of aromatic nitrogens is 1. The number of nitrogens with one attached hydrogen (secondary N) is 1. The summed E-state index contributed by atoms with van der Waals surface area (Å²) >= 11 is 0. The molecule has 2 aromatic rings. The average molecular weight is 297 g/mol. The van der Waals surface area contributed by atoms with Gasteiger partial charge in [-0.25, -0.2) is 13.1 Å². The Balaban J connectivity index is 2.01. The number of hydrogen-bond donors (Lipinski definition) is 2. The Kier molecular flexibility index (Phi) is 4.72. The molecule has 0 aliphatic carbocycles. The molecule has 0 saturated carbocycles. The van der Waals surface area contributed by atoms with Gasteiger partial charge in [0.1, 0.15) is 12.4 Å². The van der Waals surface area contributed by atoms with Crippen molar-refractivity contribution in [1.82, 2.24) is 9.88 Å². The van der Waals surface area contributed by atoms with Crippen LogP contribution in [-0.2, 0) is 16.6 Å². The lowest BCUT2D eigenvalue weighted by Gasteiger charge is -2.07. The quantitative estimate of drug-likeness (QED) is 0.770. The summed E-state index contributed by atoms with van der Waals surface area (Å²) in [5.74, 6) is 1.01. The highest BCUT2D eigenvalue weighted by Crippen LogP contribution is 2.16. The molecule has 20 heavy (non-hydrogen) atoms. The highest BCUT2D eigenvalue weighted by molar-refractivity contribution is 7.89. The molecule has 0 radical (unpaired) electrons. The molecule has 0 aliphatic rings. The van der Waals surface area contributed by atoms with Gasteiger partial charge in [0.15, 0.2) is 5.76 Å². The third-order valence-electron chi connectivity index (χ3n) is 2.45. The van der Waals surface area contributed by atoms with E-state index in [0.29, 0.717) is 24.7 Å². The van der Waals surface area contributed by atoms with Crippen molar-refractivity contribution >= 4 is 10.0 Å². The minimum absolute atomic E-state index is 0.0494. The summed E-state index contributed by atoms with van der Waals surface area (Å²) in [4.78, 5) is 0.150. The third-order valence-corrected chi connectivity index (χ3v) is 3.87. The lowest BCUT2D eigenvalue weighted by Crippen LogP contribution is -2.23. The predicted octanol–water partition coefficient (Wildman–Crippen LogP) is 0.491. The Bertz CT molecular complexity index is 623. The van der Waals surface area contributed by atoms with E-state index in [4.69, 9.17) is 15.0 Å². The van der Waals surface area contributed by atoms with E-state index in [-0.39, 0.29) is 11.4 Å². The molecule has 2 rings (SSSR count). The maximum Gasteiger partial charge on any atom is 0.240 e. The van der Waals surface area contributed by atoms with Gasteiger partial charge < -0.3 is 15.0 Å². The predicted molar refractivity (Wildman–Crippen MR) is 71.5 cm³/mol. The number of hydrogen-bond acceptors (Lipinski definition) is 6. The van der Waals surface area contributed by atoms with Crippen LogP contribution in [0.4, 0.5) is 0 Å². The lowest BCUT2D eigenvalue weighted by atomic mass is 10.3. The van der Waals surface area contributed by atoms with E-state index in [2.05, 4.69) is 9.88 Å². The third kappa shape index (κ3) is 3.80. The summed E-state index contributed by atoms with van der Waals surface area (Å²) < 4.78 is 36.6. The molecular formula is C12H15N3O4S. The molecule has 0 spiro atoms. The van der Waals surface area contributed by atoms with Gasteiger partial charge in [0.25, 0.3) is 0 Å². The molecule has 3 N–H and O–H groups in total. The first-order valence-electron chi connectivity index (χ1n) is 5.94. The molecule has 1 heterocycles. The zero-order chi connectivity index (χ0) is 14.4. The number of rotatable bonds is 7. The van der Waals surface area contributed by atoms with Gasteiger partial charge in [0.2, 0.25) is 10.0 Å². The SMILES string of the molecule is NCCOc1ccc(S(=O)(=O)NCc2ccno2)cc1. The van der Waals surface area contributed by atoms with Crippen molar-refractivity contribution in [2.75, 3.05) is 13.2 Å². The second kappa shape index (κ2) is 6.51. The largest absolute Gasteiger partial charge is 0.492 e. The topological polar surface area (TPSA) is 107 Å². The van der Waals surface area contributed by atoms with Crippen LogP contribution in [0.1, 0.15) is 5.76 Å². The lowest BCUT2D eigenvalue weighted by molar-refractivity contribution is 0.328. The minimum atomic E-state index is -3.59. The van der Waals surface area contributed by atoms with Crippen molar-refractivity contribution in [2.24, 2.45) is 5.73 Å². The Morgan fingerprint density at radius 3 is 2.60 bits per heavy atom. The first-order valence-corrected chi connectivity index (χ1v) is 7.42. The van der Waals surface area contributed by atoms with E-state index in [1.54, 1.807) is 18.2 Å². The summed E-state index contributed by atoms with van der Waals surface area (Å²) in [5, 5.41) is 3.50. The molecule has 0 saturated heterocycles. The molecule has 0 fully saturated rings. The van der Waals surface area contributed by atoms with Crippen LogP contribution in [0, 0.1) is 0 Å². The minimum Gasteiger partial charge on any atom is -0.492 e. The first-order chi connectivity index (χ1) is 9.62. The van der Waals surface area contributed by atoms with Gasteiger partial charge in [-0.3, -0.25) is 0 Å². The van der Waals surface area contributed by atoms with Gasteiger partial charge in [-0.05, 0) is 24.3 Å². The standard InChI is InChI=1S/C12H15N3O4S/c13-6-8-18-10-1-3-12(4-2-10)20(16,17)15-9-11-5-7-14-19-11/h1-5,7,15H,6,8-9,13H2. The van der Waals surface area contributed by atoms with Gasteiger partial charge in [0.05, 0.1) is 17.6 Å². The fourth-order valence-electron chi connectivity index (χ4n) is 1.47. The summed E-state index contributed by atoms with van der Waals surface area (Å²) in [6, 6.07) is 7.69. The molecule has 1 aromatic heterocycles. The van der Waals surface area contributed by atoms with Crippen LogP contribution >= 0.6 is 0 Å². The van der Waals surface area contributed by atoms with Crippen molar-refractivity contribution < 1.29 is 17.7 Å². The molecule has 1 aromatic carbocycles. The van der Waals surface area contributed by atoms with Crippen molar-refractivity contribution in [3.63, 3.8) is 0 Å². The highest BCUT2D eigenvalue weighted by atomic mass is 32.2. The number of ether oxygens (including phenoxy) is 1. The van der Waals surface area contributed by atoms with Gasteiger partial charge in [0, 0.05) is 12.6 Å². The molecule has 0 amide bonds. The zero-order valence-corrected chi connectivity index (χ0v) is 11.5. The highest BCUT2D eigenvalue weighted by Gasteiger charge is 2.14. The van der Waals surface area contributed by atoms with E-state index in [1.807, 2.05) is 0 Å². The van der Waals surface area contributed by atoms with Gasteiger partial charge in [-0.2, -0.15) is 0 Å². The zero-order valence-electron chi connectivity index (χ0n) is 10.7. The fourth-order valence-corrected chi connectivity index (χ4v) is 2.47. The average Bonchev–Trinajstić information content (AvgIpc) is 2.97. The van der Waals surface area contributed by atoms with Crippen molar-refractivity contribution in [2.45, 2.75) is 11.4 Å². The number of nitrogens with zero attached hydrogens (tertiary/aromatic N) is 1. The van der Waals surface area contributed by atoms with Gasteiger partial charge in [-0.1, -0.05) is 5.16 Å². The van der Waals surface area contributed by atoms with E-state index >= 15 is 0 Å². The molecule has 0 atom stereocenters. The van der Waals surface area contributed by atoms with Crippen LogP contribution in [-0.4, -0.2) is 26.7 Å². The van der Waals surface area contributed by atoms with Crippen LogP contribution in [0.3, 0.4) is 0 Å². The molecule has 108 valence electrons. The molecular weight excluding hydrogens is 282 g/mol. The molecule has 0 aliphatic heterocycles. The van der Waals surface area contributed by atoms with Gasteiger partial charge in [-0.15, -0.1) is 0 Å². The van der Waals surface area contributed by atoms with Crippen LogP contribution in [0.25, 0.3) is 0 Å². The molecule has 0 unspecified atom stereocenters. The Morgan fingerprint density at radius 2 is 2.00 bits per heavy atom. The second-order valence-electron chi connectivity index (χ2n) is 3.91. The first kappa shape index (κ1) is 14.5. The number of benzene rings is 1. The van der Waals surface area contributed by atoms with E-state index in [9.17, 15) is 8.42 Å². The van der Waals surface area contributed by atoms with Gasteiger partial charge >= 0.3 is 0 Å². The Morgan fingerprint density at radius 1 is 1.25 bits per heavy atom. The van der Waals surface area contributed by atoms with E-state index < -0.39 is 10.0 Å². The van der Waals surface area contributed by atoms with Crippen LogP contribution in [0.5, 0.6) is 5.75 Å². The van der Waals surface area contributed by atoms with E-state index in [0.717, 1.165) is 0 Å². The van der Waals surface area contributed by atoms with Crippen LogP contribution in [0.2, 0.25) is 0 Å². The number of sulfonamides is 1. The van der Waals surface area contributed by atoms with Crippen LogP contribution in [0.15, 0.2) is 45.9 Å². The smallest absolute Gasteiger partial charge is 0.240 e. The summed E-state index contributed by atoms with van der Waals surface area (Å²) in [5.41, 5.74) is 5.32. The second-order valence-corrected chi connectivity index (χ2v) is 5.68. The maximum atomic E-state index is 12.0. The van der Waals surface area contributed by atoms with Crippen LogP contribution < -0.4 is 15.2 Å². The maximum absolute atomic E-state index is 12.0. The molecule has 7 nitrogen and oxygen atoms in total. The summed E-state index contributed by atoms with van der Waals surface area (Å²) in [6.07, 6.45) is 1.45. The molecule has 8 heteroatoms. The summed E-state index contributed by atoms with van der Waals surface area (Å²) in [6.45, 7) is 0.836. The van der Waals surface area contributed by atoms with E-state index in [1.165, 1.54) is 18.3 Å². The normalized spacial score (nSPS) is 11.4. The molecule has 0 bridgehead atoms.